The standard InChI is InChI=1S/C33H28Cl2F2N2O/c34-26-11-5-10-21-15-16-38(33(31(21)26)32-27(35)12-6-14-29(32)37)20-30(40)39(19-24-9-3-4-13-28(24)36)25-17-22-7-1-2-8-23(22)18-25/h1-14,25,33H,15-20H2. The maximum atomic E-state index is 15.4. The fraction of sp³-hybridized carbons (Fsp3) is 0.242. The highest BCUT2D eigenvalue weighted by molar-refractivity contribution is 6.32. The van der Waals surface area contributed by atoms with Crippen molar-refractivity contribution in [2.75, 3.05) is 13.1 Å². The molecule has 0 spiro atoms. The minimum Gasteiger partial charge on any atom is -0.333 e. The van der Waals surface area contributed by atoms with Crippen molar-refractivity contribution in [3.05, 3.63) is 140 Å². The monoisotopic (exact) mass is 576 g/mol. The van der Waals surface area contributed by atoms with Crippen molar-refractivity contribution in [3.63, 3.8) is 0 Å². The average molecular weight is 578 g/mol. The Morgan fingerprint density at radius 3 is 2.08 bits per heavy atom. The van der Waals surface area contributed by atoms with E-state index in [1.807, 2.05) is 29.2 Å². The summed E-state index contributed by atoms with van der Waals surface area (Å²) in [6, 6.07) is 24.3. The number of hydrogen-bond acceptors (Lipinski definition) is 2. The first-order valence-electron chi connectivity index (χ1n) is 13.5. The van der Waals surface area contributed by atoms with Gasteiger partial charge < -0.3 is 4.90 Å². The van der Waals surface area contributed by atoms with Crippen molar-refractivity contribution in [2.24, 2.45) is 0 Å². The highest BCUT2D eigenvalue weighted by Gasteiger charge is 2.37. The van der Waals surface area contributed by atoms with Crippen LogP contribution in [0.2, 0.25) is 10.0 Å². The molecule has 2 aliphatic rings. The van der Waals surface area contributed by atoms with Gasteiger partial charge in [-0.2, -0.15) is 0 Å². The van der Waals surface area contributed by atoms with Crippen molar-refractivity contribution in [1.82, 2.24) is 9.80 Å². The van der Waals surface area contributed by atoms with Crippen LogP contribution in [0, 0.1) is 11.6 Å². The van der Waals surface area contributed by atoms with Gasteiger partial charge in [-0.25, -0.2) is 8.78 Å². The average Bonchev–Trinajstić information content (AvgIpc) is 3.37. The molecule has 0 saturated carbocycles. The summed E-state index contributed by atoms with van der Waals surface area (Å²) >= 11 is 13.3. The number of fused-ring (bicyclic) bond motifs is 2. The number of rotatable bonds is 6. The number of halogens is 4. The van der Waals surface area contributed by atoms with Gasteiger partial charge in [-0.1, -0.05) is 83.9 Å². The molecule has 7 heteroatoms. The molecular weight excluding hydrogens is 549 g/mol. The number of amides is 1. The SMILES string of the molecule is O=C(CN1CCc2cccc(Cl)c2C1c1c(F)cccc1Cl)N(Cc1ccccc1F)C1Cc2ccccc2C1. The normalized spacial score (nSPS) is 16.9. The van der Waals surface area contributed by atoms with Gasteiger partial charge in [0.2, 0.25) is 5.91 Å². The Kier molecular flexibility index (Phi) is 7.63. The molecule has 1 aliphatic heterocycles. The second kappa shape index (κ2) is 11.3. The number of benzene rings is 4. The van der Waals surface area contributed by atoms with Crippen molar-refractivity contribution in [1.29, 1.82) is 0 Å². The van der Waals surface area contributed by atoms with Gasteiger partial charge in [0.25, 0.3) is 0 Å². The molecule has 40 heavy (non-hydrogen) atoms. The summed E-state index contributed by atoms with van der Waals surface area (Å²) in [5.74, 6) is -0.934. The lowest BCUT2D eigenvalue weighted by atomic mass is 9.87. The van der Waals surface area contributed by atoms with Crippen LogP contribution in [0.15, 0.2) is 84.9 Å². The van der Waals surface area contributed by atoms with Crippen LogP contribution < -0.4 is 0 Å². The maximum absolute atomic E-state index is 15.4. The summed E-state index contributed by atoms with van der Waals surface area (Å²) in [5, 5.41) is 0.790. The maximum Gasteiger partial charge on any atom is 0.237 e. The van der Waals surface area contributed by atoms with Crippen molar-refractivity contribution >= 4 is 29.1 Å². The second-order valence-electron chi connectivity index (χ2n) is 10.5. The van der Waals surface area contributed by atoms with Gasteiger partial charge in [-0.3, -0.25) is 9.69 Å². The fourth-order valence-corrected chi connectivity index (χ4v) is 6.77. The van der Waals surface area contributed by atoms with E-state index in [1.165, 1.54) is 23.3 Å². The molecule has 0 bridgehead atoms. The van der Waals surface area contributed by atoms with Crippen LogP contribution >= 0.6 is 23.2 Å². The zero-order chi connectivity index (χ0) is 27.8. The van der Waals surface area contributed by atoms with Gasteiger partial charge in [0.1, 0.15) is 11.6 Å². The fourth-order valence-electron chi connectivity index (χ4n) is 6.20. The van der Waals surface area contributed by atoms with E-state index in [-0.39, 0.29) is 35.9 Å². The smallest absolute Gasteiger partial charge is 0.237 e. The molecule has 3 nitrogen and oxygen atoms in total. The topological polar surface area (TPSA) is 23.6 Å². The number of carbonyl (C=O) groups excluding carboxylic acids is 1. The lowest BCUT2D eigenvalue weighted by molar-refractivity contribution is -0.136. The Labute approximate surface area is 242 Å². The van der Waals surface area contributed by atoms with E-state index in [2.05, 4.69) is 12.1 Å². The molecule has 1 unspecified atom stereocenters. The van der Waals surface area contributed by atoms with Crippen molar-refractivity contribution < 1.29 is 13.6 Å². The minimum atomic E-state index is -0.633. The van der Waals surface area contributed by atoms with Gasteiger partial charge in [0.15, 0.2) is 0 Å². The van der Waals surface area contributed by atoms with Gasteiger partial charge in [0.05, 0.1) is 12.6 Å². The first-order valence-corrected chi connectivity index (χ1v) is 14.2. The molecule has 1 heterocycles. The Morgan fingerprint density at radius 2 is 1.38 bits per heavy atom. The second-order valence-corrected chi connectivity index (χ2v) is 11.3. The highest BCUT2D eigenvalue weighted by atomic mass is 35.5. The Hall–Kier alpha value is -3.25. The van der Waals surface area contributed by atoms with E-state index in [1.54, 1.807) is 41.3 Å². The van der Waals surface area contributed by atoms with E-state index in [9.17, 15) is 9.18 Å². The third-order valence-corrected chi connectivity index (χ3v) is 8.81. The van der Waals surface area contributed by atoms with E-state index in [0.29, 0.717) is 42.0 Å². The molecule has 0 N–H and O–H groups in total. The lowest BCUT2D eigenvalue weighted by Gasteiger charge is -2.40. The zero-order valence-electron chi connectivity index (χ0n) is 21.8. The van der Waals surface area contributed by atoms with E-state index >= 15 is 4.39 Å². The summed E-state index contributed by atoms with van der Waals surface area (Å²) in [6.07, 6.45) is 2.06. The third-order valence-electron chi connectivity index (χ3n) is 8.15. The van der Waals surface area contributed by atoms with Gasteiger partial charge in [-0.15, -0.1) is 0 Å². The molecule has 0 fully saturated rings. The summed E-state index contributed by atoms with van der Waals surface area (Å²) in [4.78, 5) is 18.0. The van der Waals surface area contributed by atoms with Crippen LogP contribution in [-0.4, -0.2) is 34.8 Å². The molecule has 0 saturated heterocycles. The molecule has 0 aromatic heterocycles. The first-order chi connectivity index (χ1) is 19.4. The predicted octanol–water partition coefficient (Wildman–Crippen LogP) is 7.42. The first kappa shape index (κ1) is 26.9. The van der Waals surface area contributed by atoms with E-state index in [0.717, 1.165) is 11.1 Å². The van der Waals surface area contributed by atoms with Crippen LogP contribution in [0.4, 0.5) is 8.78 Å². The van der Waals surface area contributed by atoms with Crippen LogP contribution in [-0.2, 0) is 30.6 Å². The Bertz CT molecular complexity index is 1530. The summed E-state index contributed by atoms with van der Waals surface area (Å²) in [6.45, 7) is 0.689. The van der Waals surface area contributed by atoms with Crippen LogP contribution in [0.3, 0.4) is 0 Å². The number of hydrogen-bond donors (Lipinski definition) is 0. The third kappa shape index (κ3) is 5.14. The summed E-state index contributed by atoms with van der Waals surface area (Å²) in [5.41, 5.74) is 4.95. The number of carbonyl (C=O) groups is 1. The van der Waals surface area contributed by atoms with Crippen molar-refractivity contribution in [2.45, 2.75) is 37.9 Å². The number of nitrogens with zero attached hydrogens (tertiary/aromatic N) is 2. The highest BCUT2D eigenvalue weighted by Crippen LogP contribution is 2.42. The molecule has 6 rings (SSSR count). The molecule has 0 radical (unpaired) electrons. The van der Waals surface area contributed by atoms with E-state index < -0.39 is 11.9 Å². The van der Waals surface area contributed by atoms with Gasteiger partial charge in [0, 0.05) is 40.3 Å². The van der Waals surface area contributed by atoms with Crippen LogP contribution in [0.25, 0.3) is 0 Å². The Morgan fingerprint density at radius 1 is 0.775 bits per heavy atom. The molecule has 1 atom stereocenters. The molecule has 1 aliphatic carbocycles. The quantitative estimate of drug-likeness (QED) is 0.238. The largest absolute Gasteiger partial charge is 0.333 e. The molecule has 4 aromatic rings. The molecular formula is C33H28Cl2F2N2O. The van der Waals surface area contributed by atoms with Crippen molar-refractivity contribution in [3.8, 4) is 0 Å². The summed E-state index contributed by atoms with van der Waals surface area (Å²) in [7, 11) is 0. The molecule has 4 aromatic carbocycles. The van der Waals surface area contributed by atoms with Gasteiger partial charge >= 0.3 is 0 Å². The lowest BCUT2D eigenvalue weighted by Crippen LogP contribution is -2.48. The minimum absolute atomic E-state index is 0.0152. The predicted molar refractivity (Wildman–Crippen MR) is 155 cm³/mol. The van der Waals surface area contributed by atoms with E-state index in [4.69, 9.17) is 23.2 Å². The van der Waals surface area contributed by atoms with Gasteiger partial charge in [-0.05, 0) is 65.8 Å². The molecule has 204 valence electrons. The van der Waals surface area contributed by atoms with Crippen LogP contribution in [0.1, 0.15) is 39.4 Å². The van der Waals surface area contributed by atoms with Crippen LogP contribution in [0.5, 0.6) is 0 Å². The Balaban J connectivity index is 1.36. The zero-order valence-corrected chi connectivity index (χ0v) is 23.3. The molecule has 1 amide bonds. The summed E-state index contributed by atoms with van der Waals surface area (Å²) < 4.78 is 30.2.